The molecule has 3 aromatic rings. The molecule has 1 amide bonds. The van der Waals surface area contributed by atoms with E-state index in [2.05, 4.69) is 30.9 Å². The number of carbonyl (C=O) groups is 1. The first-order chi connectivity index (χ1) is 12.2. The number of carbonyl (C=O) groups excluding carboxylic acids is 1. The maximum atomic E-state index is 11.1. The molecule has 1 fully saturated rings. The van der Waals surface area contributed by atoms with Crippen molar-refractivity contribution in [1.29, 1.82) is 0 Å². The molecule has 2 aromatic heterocycles. The molecule has 128 valence electrons. The van der Waals surface area contributed by atoms with Crippen molar-refractivity contribution in [2.75, 3.05) is 16.0 Å². The maximum Gasteiger partial charge on any atom is 0.231 e. The van der Waals surface area contributed by atoms with E-state index in [1.54, 1.807) is 0 Å². The molecule has 0 atom stereocenters. The minimum Gasteiger partial charge on any atom is -0.367 e. The SMILES string of the molecule is CC(=O)Nc1ccc(Nc2nc(NC3CCC3)c3cc[nH]c3n2)cc1. The molecule has 1 aliphatic carbocycles. The second kappa shape index (κ2) is 6.43. The summed E-state index contributed by atoms with van der Waals surface area (Å²) in [5.74, 6) is 1.30. The summed E-state index contributed by atoms with van der Waals surface area (Å²) >= 11 is 0. The zero-order chi connectivity index (χ0) is 17.2. The van der Waals surface area contributed by atoms with Gasteiger partial charge in [0.15, 0.2) is 0 Å². The molecule has 0 spiro atoms. The van der Waals surface area contributed by atoms with Crippen LogP contribution < -0.4 is 16.0 Å². The van der Waals surface area contributed by atoms with Crippen LogP contribution in [-0.4, -0.2) is 26.9 Å². The van der Waals surface area contributed by atoms with Crippen LogP contribution in [0, 0.1) is 0 Å². The highest BCUT2D eigenvalue weighted by molar-refractivity contribution is 5.89. The fraction of sp³-hybridized carbons (Fsp3) is 0.278. The molecule has 0 radical (unpaired) electrons. The predicted octanol–water partition coefficient (Wildman–Crippen LogP) is 3.62. The second-order valence-corrected chi connectivity index (χ2v) is 6.29. The lowest BCUT2D eigenvalue weighted by Crippen LogP contribution is -2.27. The van der Waals surface area contributed by atoms with E-state index in [0.29, 0.717) is 12.0 Å². The van der Waals surface area contributed by atoms with Crippen LogP contribution in [0.15, 0.2) is 36.5 Å². The Morgan fingerprint density at radius 2 is 1.88 bits per heavy atom. The highest BCUT2D eigenvalue weighted by Crippen LogP contribution is 2.28. The lowest BCUT2D eigenvalue weighted by molar-refractivity contribution is -0.114. The number of aromatic amines is 1. The number of nitrogens with zero attached hydrogens (tertiary/aromatic N) is 2. The van der Waals surface area contributed by atoms with Crippen molar-refractivity contribution >= 4 is 40.1 Å². The average molecular weight is 336 g/mol. The molecule has 1 saturated carbocycles. The third-order valence-corrected chi connectivity index (χ3v) is 4.32. The van der Waals surface area contributed by atoms with Gasteiger partial charge in [0.2, 0.25) is 11.9 Å². The highest BCUT2D eigenvalue weighted by Gasteiger charge is 2.19. The van der Waals surface area contributed by atoms with E-state index in [-0.39, 0.29) is 5.91 Å². The number of rotatable bonds is 5. The van der Waals surface area contributed by atoms with Crippen molar-refractivity contribution in [2.24, 2.45) is 0 Å². The zero-order valence-electron chi connectivity index (χ0n) is 14.0. The first kappa shape index (κ1) is 15.4. The van der Waals surface area contributed by atoms with E-state index in [4.69, 9.17) is 0 Å². The van der Waals surface area contributed by atoms with E-state index >= 15 is 0 Å². The number of amides is 1. The van der Waals surface area contributed by atoms with Gasteiger partial charge in [-0.15, -0.1) is 0 Å². The van der Waals surface area contributed by atoms with Crippen LogP contribution >= 0.6 is 0 Å². The first-order valence-electron chi connectivity index (χ1n) is 8.44. The van der Waals surface area contributed by atoms with Gasteiger partial charge in [0.05, 0.1) is 5.39 Å². The molecule has 25 heavy (non-hydrogen) atoms. The van der Waals surface area contributed by atoms with Gasteiger partial charge in [-0.2, -0.15) is 9.97 Å². The van der Waals surface area contributed by atoms with Crippen molar-refractivity contribution in [3.8, 4) is 0 Å². The van der Waals surface area contributed by atoms with E-state index < -0.39 is 0 Å². The topological polar surface area (TPSA) is 94.7 Å². The quantitative estimate of drug-likeness (QED) is 0.571. The van der Waals surface area contributed by atoms with E-state index in [0.717, 1.165) is 28.2 Å². The maximum absolute atomic E-state index is 11.1. The molecule has 0 bridgehead atoms. The Morgan fingerprint density at radius 3 is 2.56 bits per heavy atom. The van der Waals surface area contributed by atoms with Gasteiger partial charge in [-0.3, -0.25) is 4.79 Å². The van der Waals surface area contributed by atoms with Gasteiger partial charge in [-0.1, -0.05) is 0 Å². The Balaban J connectivity index is 1.57. The summed E-state index contributed by atoms with van der Waals surface area (Å²) in [5, 5.41) is 10.5. The van der Waals surface area contributed by atoms with Crippen LogP contribution in [0.4, 0.5) is 23.1 Å². The minimum absolute atomic E-state index is 0.0899. The van der Waals surface area contributed by atoms with E-state index in [9.17, 15) is 4.79 Å². The smallest absolute Gasteiger partial charge is 0.231 e. The van der Waals surface area contributed by atoms with Gasteiger partial charge in [0, 0.05) is 30.5 Å². The molecule has 7 nitrogen and oxygen atoms in total. The molecular formula is C18H20N6O. The Kier molecular flexibility index (Phi) is 3.97. The largest absolute Gasteiger partial charge is 0.367 e. The van der Waals surface area contributed by atoms with Crippen molar-refractivity contribution in [3.63, 3.8) is 0 Å². The summed E-state index contributed by atoms with van der Waals surface area (Å²) in [7, 11) is 0. The van der Waals surface area contributed by atoms with Gasteiger partial charge < -0.3 is 20.9 Å². The molecule has 0 saturated heterocycles. The number of hydrogen-bond donors (Lipinski definition) is 4. The van der Waals surface area contributed by atoms with Crippen molar-refractivity contribution in [2.45, 2.75) is 32.2 Å². The van der Waals surface area contributed by atoms with Crippen molar-refractivity contribution < 1.29 is 4.79 Å². The van der Waals surface area contributed by atoms with Gasteiger partial charge >= 0.3 is 0 Å². The van der Waals surface area contributed by atoms with Crippen LogP contribution in [0.3, 0.4) is 0 Å². The number of nitrogens with one attached hydrogen (secondary N) is 4. The Morgan fingerprint density at radius 1 is 1.12 bits per heavy atom. The molecule has 2 heterocycles. The summed E-state index contributed by atoms with van der Waals surface area (Å²) < 4.78 is 0. The fourth-order valence-corrected chi connectivity index (χ4v) is 2.82. The monoisotopic (exact) mass is 336 g/mol. The average Bonchev–Trinajstić information content (AvgIpc) is 3.01. The number of anilines is 4. The van der Waals surface area contributed by atoms with Crippen LogP contribution in [0.5, 0.6) is 0 Å². The van der Waals surface area contributed by atoms with Crippen LogP contribution in [-0.2, 0) is 4.79 Å². The van der Waals surface area contributed by atoms with Gasteiger partial charge in [0.1, 0.15) is 11.5 Å². The molecular weight excluding hydrogens is 316 g/mol. The van der Waals surface area contributed by atoms with Crippen molar-refractivity contribution in [3.05, 3.63) is 36.5 Å². The molecule has 4 N–H and O–H groups in total. The molecule has 1 aliphatic rings. The van der Waals surface area contributed by atoms with Gasteiger partial charge in [-0.25, -0.2) is 0 Å². The number of H-pyrrole nitrogens is 1. The Bertz CT molecular complexity index is 898. The number of benzene rings is 1. The minimum atomic E-state index is -0.0899. The Labute approximate surface area is 145 Å². The van der Waals surface area contributed by atoms with Gasteiger partial charge in [-0.05, 0) is 49.6 Å². The normalized spacial score (nSPS) is 14.1. The van der Waals surface area contributed by atoms with E-state index in [1.807, 2.05) is 36.5 Å². The standard InChI is InChI=1S/C18H20N6O/c1-11(25)20-13-5-7-14(8-6-13)22-18-23-16-15(9-10-19-16)17(24-18)21-12-3-2-4-12/h5-10,12H,2-4H2,1H3,(H,20,25)(H3,19,21,22,23,24). The van der Waals surface area contributed by atoms with Gasteiger partial charge in [0.25, 0.3) is 0 Å². The Hall–Kier alpha value is -3.09. The summed E-state index contributed by atoms with van der Waals surface area (Å²) in [6.07, 6.45) is 5.51. The molecule has 7 heteroatoms. The zero-order valence-corrected chi connectivity index (χ0v) is 14.0. The first-order valence-corrected chi connectivity index (χ1v) is 8.44. The number of hydrogen-bond acceptors (Lipinski definition) is 5. The van der Waals surface area contributed by atoms with Crippen molar-refractivity contribution in [1.82, 2.24) is 15.0 Å². The van der Waals surface area contributed by atoms with Crippen LogP contribution in [0.25, 0.3) is 11.0 Å². The fourth-order valence-electron chi connectivity index (χ4n) is 2.82. The molecule has 4 rings (SSSR count). The molecule has 0 unspecified atom stereocenters. The van der Waals surface area contributed by atoms with E-state index in [1.165, 1.54) is 26.2 Å². The summed E-state index contributed by atoms with van der Waals surface area (Å²) in [4.78, 5) is 23.4. The molecule has 1 aromatic carbocycles. The number of fused-ring (bicyclic) bond motifs is 1. The van der Waals surface area contributed by atoms with Crippen LogP contribution in [0.2, 0.25) is 0 Å². The number of aromatic nitrogens is 3. The molecule has 0 aliphatic heterocycles. The second-order valence-electron chi connectivity index (χ2n) is 6.29. The third-order valence-electron chi connectivity index (χ3n) is 4.32. The lowest BCUT2D eigenvalue weighted by Gasteiger charge is -2.27. The van der Waals surface area contributed by atoms with Crippen LogP contribution in [0.1, 0.15) is 26.2 Å². The highest BCUT2D eigenvalue weighted by atomic mass is 16.1. The predicted molar refractivity (Wildman–Crippen MR) is 99.2 cm³/mol. The summed E-state index contributed by atoms with van der Waals surface area (Å²) in [6.45, 7) is 1.49. The summed E-state index contributed by atoms with van der Waals surface area (Å²) in [6, 6.07) is 9.92. The lowest BCUT2D eigenvalue weighted by atomic mass is 9.93. The summed E-state index contributed by atoms with van der Waals surface area (Å²) in [5.41, 5.74) is 2.41. The third kappa shape index (κ3) is 3.40.